The normalized spacial score (nSPS) is 12.1. The number of carbonyl (C=O) groups excluding carboxylic acids is 2. The molecule has 21 heavy (non-hydrogen) atoms. The summed E-state index contributed by atoms with van der Waals surface area (Å²) in [5, 5.41) is 2.86. The fourth-order valence-corrected chi connectivity index (χ4v) is 2.08. The molecule has 1 aromatic carbocycles. The topological polar surface area (TPSA) is 49.4 Å². The fourth-order valence-electron chi connectivity index (χ4n) is 2.08. The molecule has 1 atom stereocenters. The molecule has 116 valence electrons. The average Bonchev–Trinajstić information content (AvgIpc) is 2.44. The van der Waals surface area contributed by atoms with Gasteiger partial charge in [0.25, 0.3) is 0 Å². The zero-order valence-electron chi connectivity index (χ0n) is 13.6. The lowest BCUT2D eigenvalue weighted by atomic mass is 10.1. The lowest BCUT2D eigenvalue weighted by molar-refractivity contribution is -0.140. The summed E-state index contributed by atoms with van der Waals surface area (Å²) in [7, 11) is 0. The third-order valence-corrected chi connectivity index (χ3v) is 3.37. The summed E-state index contributed by atoms with van der Waals surface area (Å²) in [5.74, 6) is -0.124. The van der Waals surface area contributed by atoms with Gasteiger partial charge >= 0.3 is 0 Å². The van der Waals surface area contributed by atoms with Crippen molar-refractivity contribution in [2.45, 2.75) is 59.7 Å². The highest BCUT2D eigenvalue weighted by atomic mass is 16.2. The van der Waals surface area contributed by atoms with E-state index in [0.717, 1.165) is 5.56 Å². The van der Waals surface area contributed by atoms with Crippen LogP contribution in [0.25, 0.3) is 0 Å². The molecule has 0 spiro atoms. The first-order chi connectivity index (χ1) is 9.85. The van der Waals surface area contributed by atoms with Crippen LogP contribution in [0.2, 0.25) is 0 Å². The number of hydrogen-bond donors (Lipinski definition) is 1. The molecule has 0 aliphatic rings. The molecule has 0 aliphatic carbocycles. The fraction of sp³-hybridized carbons (Fsp3) is 0.529. The van der Waals surface area contributed by atoms with E-state index in [9.17, 15) is 9.59 Å². The van der Waals surface area contributed by atoms with Crippen LogP contribution in [0.15, 0.2) is 24.3 Å². The van der Waals surface area contributed by atoms with Crippen LogP contribution in [0.5, 0.6) is 0 Å². The summed E-state index contributed by atoms with van der Waals surface area (Å²) in [6.45, 7) is 9.90. The van der Waals surface area contributed by atoms with Gasteiger partial charge in [0, 0.05) is 19.0 Å². The standard InChI is InChI=1S/C17H26N2O2/c1-6-16(20)19(14(5)17(21)18-12(2)3)11-15-9-7-13(4)8-10-15/h7-10,12,14H,6,11H2,1-5H3,(H,18,21). The van der Waals surface area contributed by atoms with E-state index in [2.05, 4.69) is 5.32 Å². The molecule has 0 saturated carbocycles. The van der Waals surface area contributed by atoms with E-state index in [0.29, 0.717) is 13.0 Å². The largest absolute Gasteiger partial charge is 0.352 e. The summed E-state index contributed by atoms with van der Waals surface area (Å²) in [5.41, 5.74) is 2.21. The summed E-state index contributed by atoms with van der Waals surface area (Å²) >= 11 is 0. The zero-order valence-corrected chi connectivity index (χ0v) is 13.6. The van der Waals surface area contributed by atoms with Crippen molar-refractivity contribution in [3.8, 4) is 0 Å². The van der Waals surface area contributed by atoms with Crippen molar-refractivity contribution in [3.05, 3.63) is 35.4 Å². The Kier molecular flexibility index (Phi) is 6.40. The van der Waals surface area contributed by atoms with Crippen LogP contribution in [0.3, 0.4) is 0 Å². The first-order valence-electron chi connectivity index (χ1n) is 7.50. The number of rotatable bonds is 6. The molecule has 4 heteroatoms. The smallest absolute Gasteiger partial charge is 0.242 e. The lowest BCUT2D eigenvalue weighted by Crippen LogP contribution is -2.48. The number of nitrogens with one attached hydrogen (secondary N) is 1. The van der Waals surface area contributed by atoms with E-state index in [4.69, 9.17) is 0 Å². The third-order valence-electron chi connectivity index (χ3n) is 3.37. The van der Waals surface area contributed by atoms with Crippen LogP contribution >= 0.6 is 0 Å². The maximum Gasteiger partial charge on any atom is 0.242 e. The summed E-state index contributed by atoms with van der Waals surface area (Å²) in [6.07, 6.45) is 0.394. The summed E-state index contributed by atoms with van der Waals surface area (Å²) in [4.78, 5) is 26.0. The minimum atomic E-state index is -0.471. The maximum absolute atomic E-state index is 12.2. The van der Waals surface area contributed by atoms with Gasteiger partial charge < -0.3 is 10.2 Å². The van der Waals surface area contributed by atoms with E-state index in [-0.39, 0.29) is 17.9 Å². The second-order valence-electron chi connectivity index (χ2n) is 5.70. The van der Waals surface area contributed by atoms with Gasteiger partial charge in [0.1, 0.15) is 6.04 Å². The van der Waals surface area contributed by atoms with Crippen molar-refractivity contribution < 1.29 is 9.59 Å². The van der Waals surface area contributed by atoms with Crippen LogP contribution in [0.1, 0.15) is 45.2 Å². The Balaban J connectivity index is 2.87. The summed E-state index contributed by atoms with van der Waals surface area (Å²) < 4.78 is 0. The Hall–Kier alpha value is -1.84. The van der Waals surface area contributed by atoms with Crippen molar-refractivity contribution >= 4 is 11.8 Å². The monoisotopic (exact) mass is 290 g/mol. The third kappa shape index (κ3) is 5.21. The van der Waals surface area contributed by atoms with Crippen LogP contribution in [0, 0.1) is 6.92 Å². The van der Waals surface area contributed by atoms with Crippen molar-refractivity contribution in [1.29, 1.82) is 0 Å². The van der Waals surface area contributed by atoms with Gasteiger partial charge in [-0.2, -0.15) is 0 Å². The number of amides is 2. The summed E-state index contributed by atoms with van der Waals surface area (Å²) in [6, 6.07) is 7.63. The van der Waals surface area contributed by atoms with Gasteiger partial charge in [0.2, 0.25) is 11.8 Å². The Morgan fingerprint density at radius 1 is 1.14 bits per heavy atom. The molecule has 0 radical (unpaired) electrons. The number of hydrogen-bond acceptors (Lipinski definition) is 2. The number of aryl methyl sites for hydroxylation is 1. The van der Waals surface area contributed by atoms with Crippen LogP contribution in [0.4, 0.5) is 0 Å². The molecule has 4 nitrogen and oxygen atoms in total. The molecule has 1 unspecified atom stereocenters. The number of benzene rings is 1. The molecule has 2 amide bonds. The van der Waals surface area contributed by atoms with Gasteiger partial charge in [0.15, 0.2) is 0 Å². The predicted octanol–water partition coefficient (Wildman–Crippen LogP) is 2.65. The van der Waals surface area contributed by atoms with E-state index >= 15 is 0 Å². The molecule has 1 rings (SSSR count). The first-order valence-corrected chi connectivity index (χ1v) is 7.50. The van der Waals surface area contributed by atoms with E-state index < -0.39 is 6.04 Å². The van der Waals surface area contributed by atoms with E-state index in [1.165, 1.54) is 5.56 Å². The van der Waals surface area contributed by atoms with Crippen molar-refractivity contribution in [1.82, 2.24) is 10.2 Å². The number of nitrogens with zero attached hydrogens (tertiary/aromatic N) is 1. The van der Waals surface area contributed by atoms with Crippen molar-refractivity contribution in [2.75, 3.05) is 0 Å². The molecular weight excluding hydrogens is 264 g/mol. The second-order valence-corrected chi connectivity index (χ2v) is 5.70. The first kappa shape index (κ1) is 17.2. The number of carbonyl (C=O) groups is 2. The van der Waals surface area contributed by atoms with E-state index in [1.807, 2.05) is 52.0 Å². The van der Waals surface area contributed by atoms with Gasteiger partial charge in [0.05, 0.1) is 0 Å². The zero-order chi connectivity index (χ0) is 16.0. The van der Waals surface area contributed by atoms with Gasteiger partial charge in [-0.1, -0.05) is 36.8 Å². The minimum absolute atomic E-state index is 0.0121. The Labute approximate surface area is 127 Å². The highest BCUT2D eigenvalue weighted by molar-refractivity contribution is 5.87. The highest BCUT2D eigenvalue weighted by Crippen LogP contribution is 2.12. The molecule has 0 fully saturated rings. The maximum atomic E-state index is 12.2. The Morgan fingerprint density at radius 3 is 2.19 bits per heavy atom. The Bertz CT molecular complexity index is 480. The molecule has 0 heterocycles. The minimum Gasteiger partial charge on any atom is -0.352 e. The second kappa shape index (κ2) is 7.81. The molecule has 0 aromatic heterocycles. The van der Waals surface area contributed by atoms with Crippen LogP contribution in [-0.4, -0.2) is 28.8 Å². The van der Waals surface area contributed by atoms with Crippen molar-refractivity contribution in [2.24, 2.45) is 0 Å². The Morgan fingerprint density at radius 2 is 1.71 bits per heavy atom. The van der Waals surface area contributed by atoms with Crippen LogP contribution < -0.4 is 5.32 Å². The predicted molar refractivity (Wildman–Crippen MR) is 84.8 cm³/mol. The lowest BCUT2D eigenvalue weighted by Gasteiger charge is -2.29. The molecule has 0 saturated heterocycles. The molecule has 0 bridgehead atoms. The average molecular weight is 290 g/mol. The van der Waals surface area contributed by atoms with Crippen LogP contribution in [-0.2, 0) is 16.1 Å². The molecule has 1 aromatic rings. The van der Waals surface area contributed by atoms with Gasteiger partial charge in [-0.05, 0) is 33.3 Å². The van der Waals surface area contributed by atoms with Gasteiger partial charge in [-0.15, -0.1) is 0 Å². The van der Waals surface area contributed by atoms with Crippen molar-refractivity contribution in [3.63, 3.8) is 0 Å². The highest BCUT2D eigenvalue weighted by Gasteiger charge is 2.25. The quantitative estimate of drug-likeness (QED) is 0.875. The van der Waals surface area contributed by atoms with Gasteiger partial charge in [-0.3, -0.25) is 9.59 Å². The molecular formula is C17H26N2O2. The molecule has 1 N–H and O–H groups in total. The SMILES string of the molecule is CCC(=O)N(Cc1ccc(C)cc1)C(C)C(=O)NC(C)C. The van der Waals surface area contributed by atoms with Gasteiger partial charge in [-0.25, -0.2) is 0 Å². The van der Waals surface area contributed by atoms with E-state index in [1.54, 1.807) is 11.8 Å². The molecule has 0 aliphatic heterocycles.